The molecule has 1 fully saturated rings. The third-order valence-corrected chi connectivity index (χ3v) is 7.35. The normalized spacial score (nSPS) is 20.6. The van der Waals surface area contributed by atoms with Crippen molar-refractivity contribution in [3.63, 3.8) is 0 Å². The number of carbonyl (C=O) groups excluding carboxylic acids is 2. The predicted octanol–water partition coefficient (Wildman–Crippen LogP) is 2.07. The summed E-state index contributed by atoms with van der Waals surface area (Å²) in [6, 6.07) is 15.4. The van der Waals surface area contributed by atoms with E-state index in [1.807, 2.05) is 30.3 Å². The maximum Gasteiger partial charge on any atom is 0.346 e. The van der Waals surface area contributed by atoms with Gasteiger partial charge in [0.05, 0.1) is 4.90 Å². The highest BCUT2D eigenvalue weighted by molar-refractivity contribution is 7.86. The molecule has 0 bridgehead atoms. The Morgan fingerprint density at radius 3 is 2.38 bits per heavy atom. The topological polar surface area (TPSA) is 163 Å². The van der Waals surface area contributed by atoms with E-state index in [0.29, 0.717) is 12.0 Å². The summed E-state index contributed by atoms with van der Waals surface area (Å²) in [5, 5.41) is 3.00. The lowest BCUT2D eigenvalue weighted by Gasteiger charge is -2.24. The number of esters is 2. The van der Waals surface area contributed by atoms with E-state index in [2.05, 4.69) is 15.3 Å². The minimum absolute atomic E-state index is 0.120. The van der Waals surface area contributed by atoms with Gasteiger partial charge in [-0.3, -0.25) is 18.8 Å². The van der Waals surface area contributed by atoms with E-state index in [1.54, 1.807) is 19.1 Å². The van der Waals surface area contributed by atoms with Crippen LogP contribution in [0.25, 0.3) is 0 Å². The number of anilines is 1. The first kappa shape index (κ1) is 28.9. The second kappa shape index (κ2) is 12.4. The average molecular weight is 572 g/mol. The van der Waals surface area contributed by atoms with Crippen LogP contribution in [0, 0.1) is 6.92 Å². The number of ether oxygens (including phenoxy) is 3. The Bertz CT molecular complexity index is 1510. The highest BCUT2D eigenvalue weighted by Gasteiger charge is 2.51. The number of H-pyrrole nitrogens is 1. The maximum absolute atomic E-state index is 13.2. The summed E-state index contributed by atoms with van der Waals surface area (Å²) in [5.41, 5.74) is 1.72. The molecule has 0 amide bonds. The number of nitrogens with one attached hydrogen (secondary N) is 2. The minimum Gasteiger partial charge on any atom is -0.463 e. The number of rotatable bonds is 10. The zero-order chi connectivity index (χ0) is 28.9. The van der Waals surface area contributed by atoms with Crippen molar-refractivity contribution in [3.05, 3.63) is 88.0 Å². The molecule has 0 radical (unpaired) electrons. The van der Waals surface area contributed by atoms with E-state index in [-0.39, 0.29) is 17.3 Å². The van der Waals surface area contributed by atoms with Crippen molar-refractivity contribution in [2.24, 2.45) is 0 Å². The third kappa shape index (κ3) is 7.31. The van der Waals surface area contributed by atoms with Crippen LogP contribution in [-0.4, -0.2) is 61.5 Å². The molecule has 13 heteroatoms. The van der Waals surface area contributed by atoms with Crippen LogP contribution in [0.15, 0.2) is 70.5 Å². The molecule has 0 spiro atoms. The smallest absolute Gasteiger partial charge is 0.346 e. The summed E-state index contributed by atoms with van der Waals surface area (Å²) in [6.45, 7) is 3.75. The van der Waals surface area contributed by atoms with Crippen molar-refractivity contribution in [1.29, 1.82) is 0 Å². The number of aromatic amines is 1. The van der Waals surface area contributed by atoms with Crippen molar-refractivity contribution in [2.75, 3.05) is 11.9 Å². The van der Waals surface area contributed by atoms with Gasteiger partial charge < -0.3 is 19.5 Å². The molecule has 3 aromatic rings. The van der Waals surface area contributed by atoms with E-state index in [0.717, 1.165) is 18.1 Å². The second-order valence-electron chi connectivity index (χ2n) is 9.20. The van der Waals surface area contributed by atoms with Gasteiger partial charge in [-0.25, -0.2) is 9.78 Å². The highest BCUT2D eigenvalue weighted by atomic mass is 32.2. The van der Waals surface area contributed by atoms with Crippen LogP contribution in [0.1, 0.15) is 30.5 Å². The van der Waals surface area contributed by atoms with Gasteiger partial charge in [-0.1, -0.05) is 48.0 Å². The highest BCUT2D eigenvalue weighted by Crippen LogP contribution is 2.31. The summed E-state index contributed by atoms with van der Waals surface area (Å²) < 4.78 is 48.5. The number of aryl methyl sites for hydroxylation is 1. The fourth-order valence-corrected chi connectivity index (χ4v) is 5.27. The molecule has 0 aliphatic carbocycles. The number of aromatic nitrogens is 2. The average Bonchev–Trinajstić information content (AvgIpc) is 3.19. The molecule has 0 unspecified atom stereocenters. The van der Waals surface area contributed by atoms with Gasteiger partial charge in [0, 0.05) is 32.0 Å². The molecule has 4 atom stereocenters. The Labute approximate surface area is 230 Å². The Kier molecular flexibility index (Phi) is 8.97. The number of hydrogen-bond donors (Lipinski definition) is 2. The van der Waals surface area contributed by atoms with Crippen LogP contribution in [0.2, 0.25) is 0 Å². The van der Waals surface area contributed by atoms with Gasteiger partial charge in [-0.05, 0) is 24.6 Å². The van der Waals surface area contributed by atoms with Crippen LogP contribution >= 0.6 is 0 Å². The molecular formula is C27H29N3O9S. The van der Waals surface area contributed by atoms with Gasteiger partial charge >= 0.3 is 17.6 Å². The lowest BCUT2D eigenvalue weighted by molar-refractivity contribution is -0.151. The lowest BCUT2D eigenvalue weighted by Crippen LogP contribution is -2.43. The molecule has 1 saturated heterocycles. The summed E-state index contributed by atoms with van der Waals surface area (Å²) >= 11 is 0. The Hall–Kier alpha value is -4.07. The first-order chi connectivity index (χ1) is 19.0. The zero-order valence-electron chi connectivity index (χ0n) is 22.0. The Balaban J connectivity index is 1.67. The predicted molar refractivity (Wildman–Crippen MR) is 142 cm³/mol. The molecule has 40 heavy (non-hydrogen) atoms. The van der Waals surface area contributed by atoms with Crippen LogP contribution in [0.5, 0.6) is 0 Å². The van der Waals surface area contributed by atoms with Gasteiger partial charge in [0.1, 0.15) is 24.6 Å². The van der Waals surface area contributed by atoms with Crippen LogP contribution in [-0.2, 0) is 44.5 Å². The fraction of sp³-hybridized carbons (Fsp3) is 0.333. The van der Waals surface area contributed by atoms with Crippen molar-refractivity contribution in [1.82, 2.24) is 9.97 Å². The first-order valence-corrected chi connectivity index (χ1v) is 13.8. The number of nitrogens with zero attached hydrogens (tertiary/aromatic N) is 1. The Morgan fingerprint density at radius 1 is 1.02 bits per heavy atom. The lowest BCUT2D eigenvalue weighted by atomic mass is 10.1. The Morgan fingerprint density at radius 2 is 1.73 bits per heavy atom. The molecule has 0 saturated carbocycles. The van der Waals surface area contributed by atoms with Gasteiger partial charge in [0.15, 0.2) is 12.3 Å². The molecule has 2 aromatic carbocycles. The van der Waals surface area contributed by atoms with Crippen molar-refractivity contribution in [3.8, 4) is 0 Å². The molecule has 2 heterocycles. The quantitative estimate of drug-likeness (QED) is 0.270. The van der Waals surface area contributed by atoms with Gasteiger partial charge in [-0.15, -0.1) is 0 Å². The second-order valence-corrected chi connectivity index (χ2v) is 10.8. The molecule has 212 valence electrons. The summed E-state index contributed by atoms with van der Waals surface area (Å²) in [5.74, 6) is -1.14. The zero-order valence-corrected chi connectivity index (χ0v) is 22.8. The van der Waals surface area contributed by atoms with Gasteiger partial charge in [0.2, 0.25) is 0 Å². The van der Waals surface area contributed by atoms with E-state index >= 15 is 0 Å². The van der Waals surface area contributed by atoms with Crippen molar-refractivity contribution >= 4 is 27.9 Å². The van der Waals surface area contributed by atoms with Crippen molar-refractivity contribution < 1.29 is 36.4 Å². The van der Waals surface area contributed by atoms with E-state index in [9.17, 15) is 22.8 Å². The summed E-state index contributed by atoms with van der Waals surface area (Å²) in [7, 11) is -4.36. The molecule has 1 aromatic heterocycles. The molecular weight excluding hydrogens is 542 g/mol. The number of hydrogen-bond acceptors (Lipinski definition) is 11. The molecule has 4 rings (SSSR count). The van der Waals surface area contributed by atoms with Crippen LogP contribution in [0.3, 0.4) is 0 Å². The van der Waals surface area contributed by atoms with E-state index < -0.39 is 52.3 Å². The fourth-order valence-electron chi connectivity index (χ4n) is 4.16. The van der Waals surface area contributed by atoms with Gasteiger partial charge in [-0.2, -0.15) is 8.42 Å². The molecule has 12 nitrogen and oxygen atoms in total. The third-order valence-electron chi connectivity index (χ3n) is 6.03. The first-order valence-electron chi connectivity index (χ1n) is 12.4. The monoisotopic (exact) mass is 571 g/mol. The molecule has 1 aliphatic rings. The van der Waals surface area contributed by atoms with Crippen molar-refractivity contribution in [2.45, 2.75) is 56.6 Å². The van der Waals surface area contributed by atoms with E-state index in [1.165, 1.54) is 25.3 Å². The van der Waals surface area contributed by atoms with Gasteiger partial charge in [0.25, 0.3) is 10.1 Å². The summed E-state index contributed by atoms with van der Waals surface area (Å²) in [6.07, 6.45) is -3.29. The largest absolute Gasteiger partial charge is 0.463 e. The molecule has 2 N–H and O–H groups in total. The standard InChI is InChI=1S/C27H29N3O9S/c1-16-9-11-21(12-10-16)40(34,35)39-23-22(15-36-17(2)31)38-26(24(23)37-18(3)32)29-25-20(14-28-27(33)30-25)13-19-7-5-4-6-8-19/h4-12,14,22-24,26H,13,15H2,1-3H3,(H2,28,29,30,33)/t22-,23+,24-,26-/m1/s1. The maximum atomic E-state index is 13.2. The van der Waals surface area contributed by atoms with E-state index in [4.69, 9.17) is 18.4 Å². The van der Waals surface area contributed by atoms with Crippen LogP contribution in [0.4, 0.5) is 5.82 Å². The number of benzene rings is 2. The minimum atomic E-state index is -4.36. The molecule has 1 aliphatic heterocycles. The van der Waals surface area contributed by atoms with Crippen LogP contribution < -0.4 is 11.0 Å². The summed E-state index contributed by atoms with van der Waals surface area (Å²) in [4.78, 5) is 42.0. The SMILES string of the molecule is CC(=O)OC[C@H]1O[C@@H](Nc2[nH]c(=O)ncc2Cc2ccccc2)[C@H](OC(C)=O)[C@H]1OS(=O)(=O)c1ccc(C)cc1. The number of carbonyl (C=O) groups is 2.